The number of phenols is 1. The van der Waals surface area contributed by atoms with Crippen molar-refractivity contribution in [2.24, 2.45) is 0 Å². The van der Waals surface area contributed by atoms with E-state index >= 15 is 0 Å². The summed E-state index contributed by atoms with van der Waals surface area (Å²) in [5.74, 6) is 1.23. The van der Waals surface area contributed by atoms with Gasteiger partial charge in [0.2, 0.25) is 0 Å². The van der Waals surface area contributed by atoms with Gasteiger partial charge in [0.25, 0.3) is 0 Å². The van der Waals surface area contributed by atoms with Gasteiger partial charge in [0.1, 0.15) is 18.1 Å². The first-order chi connectivity index (χ1) is 9.24. The molecule has 0 amide bonds. The lowest BCUT2D eigenvalue weighted by molar-refractivity contribution is 0.306. The molecule has 1 aliphatic rings. The van der Waals surface area contributed by atoms with Gasteiger partial charge in [-0.25, -0.2) is 0 Å². The number of aromatic hydroxyl groups is 1. The Bertz CT molecular complexity index is 600. The normalized spacial score (nSPS) is 13.8. The van der Waals surface area contributed by atoms with Gasteiger partial charge in [-0.15, -0.1) is 0 Å². The molecule has 0 bridgehead atoms. The Labute approximate surface area is 120 Å². The van der Waals surface area contributed by atoms with Crippen LogP contribution in [0.1, 0.15) is 5.56 Å². The lowest BCUT2D eigenvalue weighted by atomic mass is 10.1. The molecule has 98 valence electrons. The lowest BCUT2D eigenvalue weighted by Crippen LogP contribution is -2.32. The third-order valence-electron chi connectivity index (χ3n) is 3.23. The number of rotatable bonds is 2. The molecule has 4 heteroatoms. The van der Waals surface area contributed by atoms with Crippen molar-refractivity contribution >= 4 is 21.6 Å². The summed E-state index contributed by atoms with van der Waals surface area (Å²) in [6, 6.07) is 13.5. The molecule has 2 aromatic rings. The van der Waals surface area contributed by atoms with Crippen LogP contribution < -0.4 is 9.64 Å². The van der Waals surface area contributed by atoms with E-state index in [2.05, 4.69) is 20.8 Å². The van der Waals surface area contributed by atoms with Crippen LogP contribution in [0.5, 0.6) is 11.5 Å². The van der Waals surface area contributed by atoms with Crippen LogP contribution >= 0.6 is 15.9 Å². The van der Waals surface area contributed by atoms with E-state index in [1.54, 1.807) is 6.07 Å². The van der Waals surface area contributed by atoms with Crippen molar-refractivity contribution < 1.29 is 9.84 Å². The Kier molecular flexibility index (Phi) is 3.34. The predicted molar refractivity (Wildman–Crippen MR) is 78.8 cm³/mol. The van der Waals surface area contributed by atoms with Gasteiger partial charge in [0, 0.05) is 16.6 Å². The minimum absolute atomic E-state index is 0.326. The van der Waals surface area contributed by atoms with Crippen LogP contribution in [0.4, 0.5) is 5.69 Å². The van der Waals surface area contributed by atoms with Crippen LogP contribution in [-0.2, 0) is 6.54 Å². The first kappa shape index (κ1) is 12.4. The molecule has 3 rings (SSSR count). The minimum Gasteiger partial charge on any atom is -0.508 e. The average Bonchev–Trinajstić information content (AvgIpc) is 2.43. The molecular weight excluding hydrogens is 306 g/mol. The van der Waals surface area contributed by atoms with Crippen LogP contribution in [0, 0.1) is 0 Å². The third kappa shape index (κ3) is 2.54. The summed E-state index contributed by atoms with van der Waals surface area (Å²) in [5.41, 5.74) is 1.99. The highest BCUT2D eigenvalue weighted by molar-refractivity contribution is 9.10. The van der Waals surface area contributed by atoms with E-state index in [9.17, 15) is 5.11 Å². The van der Waals surface area contributed by atoms with Crippen molar-refractivity contribution in [3.8, 4) is 11.5 Å². The zero-order valence-corrected chi connectivity index (χ0v) is 11.9. The monoisotopic (exact) mass is 319 g/mol. The van der Waals surface area contributed by atoms with Gasteiger partial charge < -0.3 is 14.7 Å². The fourth-order valence-electron chi connectivity index (χ4n) is 2.28. The number of hydrogen-bond donors (Lipinski definition) is 1. The number of anilines is 1. The number of ether oxygens (including phenoxy) is 1. The zero-order chi connectivity index (χ0) is 13.2. The maximum absolute atomic E-state index is 9.93. The smallest absolute Gasteiger partial charge is 0.142 e. The van der Waals surface area contributed by atoms with Gasteiger partial charge in [-0.1, -0.05) is 28.1 Å². The molecule has 0 aromatic heterocycles. The van der Waals surface area contributed by atoms with Crippen molar-refractivity contribution in [3.05, 3.63) is 52.5 Å². The van der Waals surface area contributed by atoms with Crippen LogP contribution in [0.3, 0.4) is 0 Å². The molecule has 1 heterocycles. The van der Waals surface area contributed by atoms with Gasteiger partial charge in [0.05, 0.1) is 12.2 Å². The van der Waals surface area contributed by atoms with Crippen molar-refractivity contribution in [3.63, 3.8) is 0 Å². The molecule has 0 aliphatic carbocycles. The summed E-state index contributed by atoms with van der Waals surface area (Å²) >= 11 is 3.44. The third-order valence-corrected chi connectivity index (χ3v) is 3.72. The molecule has 2 aromatic carbocycles. The van der Waals surface area contributed by atoms with Gasteiger partial charge in [-0.3, -0.25) is 0 Å². The SMILES string of the molecule is Oc1ccc(Br)cc1CN1CCOc2ccccc21. The minimum atomic E-state index is 0.326. The summed E-state index contributed by atoms with van der Waals surface area (Å²) in [6.07, 6.45) is 0. The Morgan fingerprint density at radius 3 is 2.95 bits per heavy atom. The summed E-state index contributed by atoms with van der Waals surface area (Å²) in [6.45, 7) is 2.17. The number of phenolic OH excluding ortho intramolecular Hbond substituents is 1. The van der Waals surface area contributed by atoms with Crippen molar-refractivity contribution in [1.82, 2.24) is 0 Å². The Morgan fingerprint density at radius 1 is 1.21 bits per heavy atom. The number of hydrogen-bond acceptors (Lipinski definition) is 3. The fourth-order valence-corrected chi connectivity index (χ4v) is 2.69. The molecule has 1 aliphatic heterocycles. The van der Waals surface area contributed by atoms with E-state index in [-0.39, 0.29) is 0 Å². The second-order valence-corrected chi connectivity index (χ2v) is 5.43. The second-order valence-electron chi connectivity index (χ2n) is 4.51. The molecular formula is C15H14BrNO2. The highest BCUT2D eigenvalue weighted by Crippen LogP contribution is 2.33. The van der Waals surface area contributed by atoms with Crippen LogP contribution in [0.15, 0.2) is 46.9 Å². The Morgan fingerprint density at radius 2 is 2.05 bits per heavy atom. The first-order valence-corrected chi connectivity index (χ1v) is 6.97. The zero-order valence-electron chi connectivity index (χ0n) is 10.3. The molecule has 0 unspecified atom stereocenters. The standard InChI is InChI=1S/C15H14BrNO2/c16-12-5-6-14(18)11(9-12)10-17-7-8-19-15-4-2-1-3-13(15)17/h1-6,9,18H,7-8,10H2. The van der Waals surface area contributed by atoms with E-state index < -0.39 is 0 Å². The van der Waals surface area contributed by atoms with Gasteiger partial charge in [-0.2, -0.15) is 0 Å². The van der Waals surface area contributed by atoms with Crippen LogP contribution in [-0.4, -0.2) is 18.3 Å². The second kappa shape index (κ2) is 5.13. The first-order valence-electron chi connectivity index (χ1n) is 6.18. The predicted octanol–water partition coefficient (Wildman–Crippen LogP) is 3.55. The summed E-state index contributed by atoms with van der Waals surface area (Å²) in [4.78, 5) is 2.22. The average molecular weight is 320 g/mol. The van der Waals surface area contributed by atoms with Crippen LogP contribution in [0.2, 0.25) is 0 Å². The molecule has 0 radical (unpaired) electrons. The summed E-state index contributed by atoms with van der Waals surface area (Å²) < 4.78 is 6.61. The molecule has 19 heavy (non-hydrogen) atoms. The largest absolute Gasteiger partial charge is 0.508 e. The highest BCUT2D eigenvalue weighted by Gasteiger charge is 2.18. The van der Waals surface area contributed by atoms with E-state index in [4.69, 9.17) is 4.74 Å². The number of fused-ring (bicyclic) bond motifs is 1. The van der Waals surface area contributed by atoms with Crippen LogP contribution in [0.25, 0.3) is 0 Å². The Balaban J connectivity index is 1.90. The number of halogens is 1. The Hall–Kier alpha value is -1.68. The van der Waals surface area contributed by atoms with E-state index in [0.717, 1.165) is 28.0 Å². The molecule has 0 atom stereocenters. The quantitative estimate of drug-likeness (QED) is 0.918. The van der Waals surface area contributed by atoms with E-state index in [1.165, 1.54) is 0 Å². The number of nitrogens with zero attached hydrogens (tertiary/aromatic N) is 1. The van der Waals surface area contributed by atoms with Gasteiger partial charge in [0.15, 0.2) is 0 Å². The van der Waals surface area contributed by atoms with Gasteiger partial charge in [-0.05, 0) is 30.3 Å². The maximum Gasteiger partial charge on any atom is 0.142 e. The highest BCUT2D eigenvalue weighted by atomic mass is 79.9. The fraction of sp³-hybridized carbons (Fsp3) is 0.200. The number of benzene rings is 2. The molecule has 0 saturated carbocycles. The van der Waals surface area contributed by atoms with E-state index in [0.29, 0.717) is 18.9 Å². The number of para-hydroxylation sites is 2. The summed E-state index contributed by atoms with van der Waals surface area (Å²) in [7, 11) is 0. The summed E-state index contributed by atoms with van der Waals surface area (Å²) in [5, 5.41) is 9.93. The molecule has 0 saturated heterocycles. The molecule has 3 nitrogen and oxygen atoms in total. The topological polar surface area (TPSA) is 32.7 Å². The van der Waals surface area contributed by atoms with Crippen molar-refractivity contribution in [1.29, 1.82) is 0 Å². The van der Waals surface area contributed by atoms with Gasteiger partial charge >= 0.3 is 0 Å². The van der Waals surface area contributed by atoms with E-state index in [1.807, 2.05) is 36.4 Å². The molecule has 0 fully saturated rings. The van der Waals surface area contributed by atoms with Crippen molar-refractivity contribution in [2.45, 2.75) is 6.54 Å². The lowest BCUT2D eigenvalue weighted by Gasteiger charge is -2.31. The molecule has 1 N–H and O–H groups in total. The maximum atomic E-state index is 9.93. The molecule has 0 spiro atoms. The van der Waals surface area contributed by atoms with Crippen molar-refractivity contribution in [2.75, 3.05) is 18.1 Å².